The lowest BCUT2D eigenvalue weighted by atomic mass is 9.98. The van der Waals surface area contributed by atoms with Gasteiger partial charge in [0.25, 0.3) is 5.91 Å². The number of hydrogen-bond acceptors (Lipinski definition) is 3. The first-order valence-corrected chi connectivity index (χ1v) is 10.3. The summed E-state index contributed by atoms with van der Waals surface area (Å²) in [5.41, 5.74) is 4.27. The molecule has 142 valence electrons. The smallest absolute Gasteiger partial charge is 0.279 e. The average molecular weight is 383 g/mol. The molecule has 3 aromatic rings. The highest BCUT2D eigenvalue weighted by molar-refractivity contribution is 7.18. The molecule has 0 spiro atoms. The van der Waals surface area contributed by atoms with Crippen LogP contribution in [0.5, 0.6) is 0 Å². The number of rotatable bonds is 6. The molecule has 0 radical (unpaired) electrons. The zero-order valence-electron chi connectivity index (χ0n) is 16.7. The third-order valence-corrected chi connectivity index (χ3v) is 6.27. The summed E-state index contributed by atoms with van der Waals surface area (Å²) in [4.78, 5) is 18.6. The van der Waals surface area contributed by atoms with E-state index in [2.05, 4.69) is 45.3 Å². The van der Waals surface area contributed by atoms with Gasteiger partial charge in [-0.2, -0.15) is 0 Å². The van der Waals surface area contributed by atoms with Gasteiger partial charge >= 0.3 is 0 Å². The van der Waals surface area contributed by atoms with Gasteiger partial charge in [-0.1, -0.05) is 44.2 Å². The summed E-state index contributed by atoms with van der Waals surface area (Å²) < 4.78 is 1.19. The molecule has 0 aliphatic heterocycles. The van der Waals surface area contributed by atoms with Crippen molar-refractivity contribution in [3.8, 4) is 0 Å². The monoisotopic (exact) mass is 382 g/mol. The molecule has 27 heavy (non-hydrogen) atoms. The first-order chi connectivity index (χ1) is 12.9. The van der Waals surface area contributed by atoms with E-state index >= 15 is 0 Å². The molecule has 0 fully saturated rings. The minimum Gasteiger partial charge on any atom is -0.322 e. The second-order valence-corrected chi connectivity index (χ2v) is 8.57. The summed E-state index contributed by atoms with van der Waals surface area (Å²) in [5.74, 6) is 0.406. The van der Waals surface area contributed by atoms with Crippen LogP contribution < -0.4 is 10.2 Å². The van der Waals surface area contributed by atoms with Crippen LogP contribution in [0.1, 0.15) is 48.9 Å². The highest BCUT2D eigenvalue weighted by atomic mass is 32.1. The number of para-hydroxylation sites is 2. The van der Waals surface area contributed by atoms with Gasteiger partial charge in [-0.3, -0.25) is 4.79 Å². The minimum atomic E-state index is 0.0386. The maximum absolute atomic E-state index is 12.7. The van der Waals surface area contributed by atoms with Gasteiger partial charge in [0, 0.05) is 5.69 Å². The van der Waals surface area contributed by atoms with Crippen molar-refractivity contribution in [3.05, 3.63) is 58.6 Å². The lowest BCUT2D eigenvalue weighted by Gasteiger charge is -2.21. The zero-order chi connectivity index (χ0) is 19.6. The summed E-state index contributed by atoms with van der Waals surface area (Å²) in [6.07, 6.45) is 0. The van der Waals surface area contributed by atoms with Gasteiger partial charge in [-0.05, 0) is 43.0 Å². The Labute approximate surface area is 165 Å². The zero-order valence-corrected chi connectivity index (χ0v) is 17.5. The van der Waals surface area contributed by atoms with Crippen LogP contribution in [-0.4, -0.2) is 24.5 Å². The molecule has 4 nitrogen and oxygen atoms in total. The van der Waals surface area contributed by atoms with Crippen LogP contribution in [-0.2, 0) is 4.79 Å². The van der Waals surface area contributed by atoms with Gasteiger partial charge in [0.05, 0.1) is 17.3 Å². The molecule has 1 unspecified atom stereocenters. The Hall–Kier alpha value is -2.24. The van der Waals surface area contributed by atoms with Crippen molar-refractivity contribution < 1.29 is 9.69 Å². The summed E-state index contributed by atoms with van der Waals surface area (Å²) in [7, 11) is 2.05. The standard InChI is InChI=1S/C22H27N3OS/c1-14(2)17-10-8-9-15(3)21(17)24-20(26)13-25(5)16(4)22-23-18-11-6-7-12-19(18)27-22/h6-12,14,16H,13H2,1-5H3,(H,24,26)/p+1/t16-/m0/s1. The summed E-state index contributed by atoms with van der Waals surface area (Å²) >= 11 is 1.71. The van der Waals surface area contributed by atoms with Crippen molar-refractivity contribution in [2.45, 2.75) is 39.7 Å². The first-order valence-electron chi connectivity index (χ1n) is 9.44. The molecular weight excluding hydrogens is 354 g/mol. The molecule has 3 rings (SSSR count). The molecule has 0 saturated heterocycles. The van der Waals surface area contributed by atoms with Crippen LogP contribution in [0.25, 0.3) is 10.2 Å². The van der Waals surface area contributed by atoms with Crippen LogP contribution in [0, 0.1) is 6.92 Å². The third kappa shape index (κ3) is 4.37. The average Bonchev–Trinajstić information content (AvgIpc) is 3.06. The number of carbonyl (C=O) groups is 1. The van der Waals surface area contributed by atoms with Crippen molar-refractivity contribution in [1.29, 1.82) is 0 Å². The normalized spacial score (nSPS) is 13.7. The quantitative estimate of drug-likeness (QED) is 0.678. The Morgan fingerprint density at radius 3 is 2.59 bits per heavy atom. The second-order valence-electron chi connectivity index (χ2n) is 7.51. The Morgan fingerprint density at radius 1 is 1.15 bits per heavy atom. The number of likely N-dealkylation sites (N-methyl/N-ethyl adjacent to an activating group) is 1. The van der Waals surface area contributed by atoms with Gasteiger partial charge in [-0.25, -0.2) is 4.98 Å². The van der Waals surface area contributed by atoms with Crippen LogP contribution in [0.4, 0.5) is 5.69 Å². The van der Waals surface area contributed by atoms with E-state index in [0.717, 1.165) is 26.7 Å². The van der Waals surface area contributed by atoms with E-state index < -0.39 is 0 Å². The largest absolute Gasteiger partial charge is 0.322 e. The van der Waals surface area contributed by atoms with Crippen LogP contribution >= 0.6 is 11.3 Å². The molecule has 0 aliphatic carbocycles. The van der Waals surface area contributed by atoms with E-state index in [1.807, 2.05) is 37.3 Å². The molecule has 2 N–H and O–H groups in total. The number of aryl methyl sites for hydroxylation is 1. The number of nitrogens with one attached hydrogen (secondary N) is 2. The first kappa shape index (κ1) is 19.5. The van der Waals surface area contributed by atoms with E-state index in [0.29, 0.717) is 12.5 Å². The molecule has 0 saturated carbocycles. The number of carbonyl (C=O) groups excluding carboxylic acids is 1. The Bertz CT molecular complexity index is 915. The molecule has 5 heteroatoms. The number of hydrogen-bond donors (Lipinski definition) is 2. The topological polar surface area (TPSA) is 46.4 Å². The fourth-order valence-corrected chi connectivity index (χ4v) is 4.33. The molecule has 2 aromatic carbocycles. The number of anilines is 1. The van der Waals surface area contributed by atoms with Crippen molar-refractivity contribution in [1.82, 2.24) is 4.98 Å². The number of amides is 1. The fourth-order valence-electron chi connectivity index (χ4n) is 3.22. The summed E-state index contributed by atoms with van der Waals surface area (Å²) in [6, 6.07) is 14.5. The lowest BCUT2D eigenvalue weighted by molar-refractivity contribution is -0.902. The van der Waals surface area contributed by atoms with Crippen LogP contribution in [0.15, 0.2) is 42.5 Å². The molecule has 1 aromatic heterocycles. The Kier molecular flexibility index (Phi) is 5.92. The maximum Gasteiger partial charge on any atom is 0.279 e. The van der Waals surface area contributed by atoms with Gasteiger partial charge in [-0.15, -0.1) is 11.3 Å². The summed E-state index contributed by atoms with van der Waals surface area (Å²) in [5, 5.41) is 4.22. The Morgan fingerprint density at radius 2 is 1.89 bits per heavy atom. The summed E-state index contributed by atoms with van der Waals surface area (Å²) in [6.45, 7) is 8.88. The number of benzene rings is 2. The van der Waals surface area contributed by atoms with Crippen molar-refractivity contribution in [2.24, 2.45) is 0 Å². The van der Waals surface area contributed by atoms with Crippen molar-refractivity contribution in [2.75, 3.05) is 18.9 Å². The lowest BCUT2D eigenvalue weighted by Crippen LogP contribution is -3.10. The predicted octanol–water partition coefficient (Wildman–Crippen LogP) is 3.94. The third-order valence-electron chi connectivity index (χ3n) is 5.05. The number of aromatic nitrogens is 1. The van der Waals surface area contributed by atoms with E-state index in [-0.39, 0.29) is 11.9 Å². The number of fused-ring (bicyclic) bond motifs is 1. The van der Waals surface area contributed by atoms with Gasteiger partial charge in [0.15, 0.2) is 11.6 Å². The highest BCUT2D eigenvalue weighted by Crippen LogP contribution is 2.27. The molecule has 2 atom stereocenters. The predicted molar refractivity (Wildman–Crippen MR) is 114 cm³/mol. The van der Waals surface area contributed by atoms with Crippen LogP contribution in [0.2, 0.25) is 0 Å². The van der Waals surface area contributed by atoms with E-state index in [4.69, 9.17) is 4.98 Å². The molecule has 1 heterocycles. The second kappa shape index (κ2) is 8.19. The number of nitrogens with zero attached hydrogens (tertiary/aromatic N) is 1. The van der Waals surface area contributed by atoms with Crippen molar-refractivity contribution >= 4 is 33.1 Å². The Balaban J connectivity index is 1.70. The molecule has 0 bridgehead atoms. The fraction of sp³-hybridized carbons (Fsp3) is 0.364. The van der Waals surface area contributed by atoms with E-state index in [9.17, 15) is 4.79 Å². The number of quaternary nitrogens is 1. The van der Waals surface area contributed by atoms with E-state index in [1.54, 1.807) is 11.3 Å². The number of thiazole rings is 1. The van der Waals surface area contributed by atoms with Crippen molar-refractivity contribution in [3.63, 3.8) is 0 Å². The van der Waals surface area contributed by atoms with Gasteiger partial charge < -0.3 is 10.2 Å². The molecule has 0 aliphatic rings. The molecule has 1 amide bonds. The van der Waals surface area contributed by atoms with Crippen LogP contribution in [0.3, 0.4) is 0 Å². The highest BCUT2D eigenvalue weighted by Gasteiger charge is 2.23. The SMILES string of the molecule is Cc1cccc(C(C)C)c1NC(=O)C[NH+](C)[C@@H](C)c1nc2ccccc2s1. The minimum absolute atomic E-state index is 0.0386. The van der Waals surface area contributed by atoms with E-state index in [1.165, 1.54) is 10.3 Å². The van der Waals surface area contributed by atoms with Gasteiger partial charge in [0.1, 0.15) is 6.04 Å². The maximum atomic E-state index is 12.7. The molecular formula is C22H28N3OS+. The van der Waals surface area contributed by atoms with Gasteiger partial charge in [0.2, 0.25) is 0 Å².